The van der Waals surface area contributed by atoms with Gasteiger partial charge in [0.05, 0.1) is 55.0 Å². The van der Waals surface area contributed by atoms with Crippen molar-refractivity contribution in [2.24, 2.45) is 19.5 Å². The molecule has 7 heterocycles. The molecule has 0 bridgehead atoms. The quantitative estimate of drug-likeness (QED) is 0.234. The summed E-state index contributed by atoms with van der Waals surface area (Å²) in [7, 11) is 6.78. The van der Waals surface area contributed by atoms with Gasteiger partial charge in [-0.05, 0) is 68.2 Å². The minimum atomic E-state index is -0.877. The van der Waals surface area contributed by atoms with Crippen molar-refractivity contribution in [2.75, 3.05) is 63.3 Å². The second-order valence-corrected chi connectivity index (χ2v) is 15.9. The topological polar surface area (TPSA) is 136 Å². The molecule has 4 aliphatic heterocycles. The minimum Gasteiger partial charge on any atom is -0.496 e. The van der Waals surface area contributed by atoms with Crippen LogP contribution in [0.4, 0.5) is 15.9 Å². The van der Waals surface area contributed by atoms with E-state index in [1.54, 1.807) is 48.2 Å². The molecular weight excluding hydrogens is 719 g/mol. The van der Waals surface area contributed by atoms with Crippen molar-refractivity contribution in [1.29, 1.82) is 0 Å². The number of hydrogen-bond acceptors (Lipinski definition) is 10. The Morgan fingerprint density at radius 2 is 1.66 bits per heavy atom. The molecule has 15 heteroatoms. The number of amides is 2. The highest BCUT2D eigenvalue weighted by Gasteiger charge is 2.46. The van der Waals surface area contributed by atoms with Crippen molar-refractivity contribution in [2.45, 2.75) is 44.4 Å². The Kier molecular flexibility index (Phi) is 8.67. The van der Waals surface area contributed by atoms with Gasteiger partial charge in [-0.15, -0.1) is 0 Å². The first kappa shape index (κ1) is 36.0. The highest BCUT2D eigenvalue weighted by molar-refractivity contribution is 6.01. The predicted octanol–water partition coefficient (Wildman–Crippen LogP) is 3.51. The number of anilines is 2. The van der Waals surface area contributed by atoms with Crippen LogP contribution in [0, 0.1) is 5.41 Å². The fourth-order valence-corrected chi connectivity index (χ4v) is 9.22. The number of aryl methyl sites for hydroxylation is 2. The second kappa shape index (κ2) is 13.5. The van der Waals surface area contributed by atoms with Crippen LogP contribution in [-0.4, -0.2) is 95.1 Å². The number of imide groups is 1. The Hall–Kier alpha value is -5.70. The number of ether oxygens (including phenoxy) is 2. The van der Waals surface area contributed by atoms with Gasteiger partial charge in [-0.3, -0.25) is 33.7 Å². The van der Waals surface area contributed by atoms with Crippen LogP contribution in [0.25, 0.3) is 32.9 Å². The second-order valence-electron chi connectivity index (χ2n) is 15.9. The summed E-state index contributed by atoms with van der Waals surface area (Å²) in [4.78, 5) is 62.3. The van der Waals surface area contributed by atoms with E-state index in [2.05, 4.69) is 20.1 Å². The average molecular weight is 765 g/mol. The number of benzene rings is 2. The maximum absolute atomic E-state index is 13.7. The number of halogens is 1. The van der Waals surface area contributed by atoms with Gasteiger partial charge in [-0.1, -0.05) is 6.07 Å². The zero-order valence-electron chi connectivity index (χ0n) is 32.0. The SMILES string of the molecule is COc1cc(-c2cn(C)c(=O)c3cnc(N4CC(F)C4)cc23)cc(OC)c1CN1CCC2(CC1)CN(c1cccc3c1n(C)c(=O)n3C1CCC(=O)NC1=O)C2. The maximum Gasteiger partial charge on any atom is 0.329 e. The number of likely N-dealkylation sites (tertiary alicyclic amines) is 1. The van der Waals surface area contributed by atoms with Gasteiger partial charge in [0.15, 0.2) is 0 Å². The molecular formula is C41H45FN8O6. The molecule has 1 atom stereocenters. The number of imidazole rings is 1. The van der Waals surface area contributed by atoms with Crippen molar-refractivity contribution >= 4 is 45.1 Å². The largest absolute Gasteiger partial charge is 0.496 e. The Morgan fingerprint density at radius 3 is 2.32 bits per heavy atom. The van der Waals surface area contributed by atoms with Crippen LogP contribution in [0.15, 0.2) is 58.4 Å². The number of hydrogen-bond donors (Lipinski definition) is 1. The van der Waals surface area contributed by atoms with E-state index < -0.39 is 18.1 Å². The third kappa shape index (κ3) is 5.82. The van der Waals surface area contributed by atoms with Crippen LogP contribution in [0.3, 0.4) is 0 Å². The highest BCUT2D eigenvalue weighted by Crippen LogP contribution is 2.46. The van der Waals surface area contributed by atoms with Gasteiger partial charge in [0.1, 0.15) is 29.5 Å². The molecule has 5 aromatic rings. The Balaban J connectivity index is 0.925. The number of nitrogens with one attached hydrogen (secondary N) is 1. The molecule has 0 saturated carbocycles. The Morgan fingerprint density at radius 1 is 0.946 bits per heavy atom. The lowest BCUT2D eigenvalue weighted by Crippen LogP contribution is -2.60. The lowest BCUT2D eigenvalue weighted by molar-refractivity contribution is -0.135. The Bertz CT molecular complexity index is 2510. The summed E-state index contributed by atoms with van der Waals surface area (Å²) in [6.45, 7) is 4.75. The monoisotopic (exact) mass is 764 g/mol. The van der Waals surface area contributed by atoms with Gasteiger partial charge in [-0.2, -0.15) is 0 Å². The number of carbonyl (C=O) groups is 2. The van der Waals surface area contributed by atoms with Crippen molar-refractivity contribution in [1.82, 2.24) is 28.9 Å². The number of fused-ring (bicyclic) bond motifs is 2. The predicted molar refractivity (Wildman–Crippen MR) is 210 cm³/mol. The molecule has 1 unspecified atom stereocenters. The molecule has 4 aliphatic rings. The number of nitrogens with zero attached hydrogens (tertiary/aromatic N) is 7. The molecule has 3 aromatic heterocycles. The summed E-state index contributed by atoms with van der Waals surface area (Å²) in [5.41, 5.74) is 4.80. The first-order valence-corrected chi connectivity index (χ1v) is 19.1. The lowest BCUT2D eigenvalue weighted by Gasteiger charge is -2.55. The van der Waals surface area contributed by atoms with E-state index in [1.807, 2.05) is 47.5 Å². The molecule has 1 N–H and O–H groups in total. The minimum absolute atomic E-state index is 0.154. The molecule has 1 spiro atoms. The molecule has 0 aliphatic carbocycles. The third-order valence-corrected chi connectivity index (χ3v) is 12.4. The zero-order chi connectivity index (χ0) is 39.0. The number of rotatable bonds is 8. The number of methoxy groups -OCH3 is 2. The van der Waals surface area contributed by atoms with Crippen LogP contribution < -0.4 is 35.8 Å². The molecule has 2 aromatic carbocycles. The molecule has 0 radical (unpaired) electrons. The van der Waals surface area contributed by atoms with Gasteiger partial charge >= 0.3 is 5.69 Å². The van der Waals surface area contributed by atoms with E-state index in [-0.39, 0.29) is 42.1 Å². The third-order valence-electron chi connectivity index (χ3n) is 12.4. The lowest BCUT2D eigenvalue weighted by atomic mass is 9.71. The number of piperidine rings is 2. The van der Waals surface area contributed by atoms with Gasteiger partial charge < -0.3 is 23.8 Å². The highest BCUT2D eigenvalue weighted by atomic mass is 19.1. The van der Waals surface area contributed by atoms with E-state index in [0.29, 0.717) is 41.2 Å². The zero-order valence-corrected chi connectivity index (χ0v) is 32.0. The van der Waals surface area contributed by atoms with Crippen LogP contribution in [0.1, 0.15) is 37.3 Å². The molecule has 14 nitrogen and oxygen atoms in total. The molecule has 2 amide bonds. The van der Waals surface area contributed by atoms with E-state index in [0.717, 1.165) is 72.3 Å². The summed E-state index contributed by atoms with van der Waals surface area (Å²) >= 11 is 0. The first-order valence-electron chi connectivity index (χ1n) is 19.1. The van der Waals surface area contributed by atoms with Crippen molar-refractivity contribution in [3.63, 3.8) is 0 Å². The molecule has 292 valence electrons. The normalized spacial score (nSPS) is 20.1. The van der Waals surface area contributed by atoms with Crippen molar-refractivity contribution in [3.8, 4) is 22.6 Å². The first-order chi connectivity index (χ1) is 27.0. The number of alkyl halides is 1. The number of para-hydroxylation sites is 1. The summed E-state index contributed by atoms with van der Waals surface area (Å²) in [5.74, 6) is 1.28. The average Bonchev–Trinajstić information content (AvgIpc) is 3.43. The van der Waals surface area contributed by atoms with Crippen LogP contribution in [-0.2, 0) is 30.2 Å². The number of carbonyl (C=O) groups excluding carboxylic acids is 2. The van der Waals surface area contributed by atoms with E-state index in [4.69, 9.17) is 9.47 Å². The smallest absolute Gasteiger partial charge is 0.329 e. The van der Waals surface area contributed by atoms with E-state index >= 15 is 0 Å². The van der Waals surface area contributed by atoms with Crippen molar-refractivity contribution < 1.29 is 23.5 Å². The molecule has 56 heavy (non-hydrogen) atoms. The van der Waals surface area contributed by atoms with Crippen LogP contribution in [0.5, 0.6) is 11.5 Å². The van der Waals surface area contributed by atoms with Gasteiger partial charge in [0, 0.05) is 68.9 Å². The fourth-order valence-electron chi connectivity index (χ4n) is 9.22. The fraction of sp³-hybridized carbons (Fsp3) is 0.439. The molecule has 4 saturated heterocycles. The van der Waals surface area contributed by atoms with Gasteiger partial charge in [0.25, 0.3) is 5.56 Å². The van der Waals surface area contributed by atoms with E-state index in [1.165, 1.54) is 0 Å². The number of aromatic nitrogens is 4. The van der Waals surface area contributed by atoms with E-state index in [9.17, 15) is 23.6 Å². The summed E-state index contributed by atoms with van der Waals surface area (Å²) in [5, 5.41) is 3.61. The summed E-state index contributed by atoms with van der Waals surface area (Å²) < 4.78 is 30.4. The number of pyridine rings is 2. The van der Waals surface area contributed by atoms with Gasteiger partial charge in [0.2, 0.25) is 11.8 Å². The molecule has 4 fully saturated rings. The summed E-state index contributed by atoms with van der Waals surface area (Å²) in [6, 6.07) is 11.0. The summed E-state index contributed by atoms with van der Waals surface area (Å²) in [6.07, 6.45) is 5.05. The molecule has 9 rings (SSSR count). The van der Waals surface area contributed by atoms with Gasteiger partial charge in [-0.25, -0.2) is 14.2 Å². The van der Waals surface area contributed by atoms with Crippen LogP contribution in [0.2, 0.25) is 0 Å². The van der Waals surface area contributed by atoms with Crippen LogP contribution >= 0.6 is 0 Å². The standard InChI is InChI=1S/C41H45FN8O6/c1-45-20-28(26-16-35(48-18-25(42)19-48)43-17-27(26)39(45)53)24-14-33(55-3)29(34(15-24)56-4)21-47-12-10-41(11-13-47)22-49(23-41)30-6-5-7-31-37(30)46(2)40(54)50(31)32-8-9-36(51)44-38(32)52/h5-7,14-17,20,25,32H,8-13,18-19,21-23H2,1-4H3,(H,44,51,52). The maximum atomic E-state index is 13.7. The van der Waals surface area contributed by atoms with Crippen molar-refractivity contribution in [3.05, 3.63) is 75.2 Å². The Labute approximate surface area is 322 Å².